The van der Waals surface area contributed by atoms with E-state index in [9.17, 15) is 9.59 Å². The molecule has 1 fully saturated rings. The van der Waals surface area contributed by atoms with Crippen molar-refractivity contribution < 1.29 is 23.8 Å². The Hall–Kier alpha value is -2.50. The van der Waals surface area contributed by atoms with Gasteiger partial charge in [0.15, 0.2) is 0 Å². The molecule has 1 amide bonds. The van der Waals surface area contributed by atoms with E-state index in [1.807, 2.05) is 18.2 Å². The van der Waals surface area contributed by atoms with Gasteiger partial charge in [-0.15, -0.1) is 0 Å². The van der Waals surface area contributed by atoms with Gasteiger partial charge in [0.2, 0.25) is 6.29 Å². The third-order valence-corrected chi connectivity index (χ3v) is 6.12. The van der Waals surface area contributed by atoms with Gasteiger partial charge >= 0.3 is 12.1 Å². The predicted octanol–water partition coefficient (Wildman–Crippen LogP) is 3.26. The fourth-order valence-corrected chi connectivity index (χ4v) is 4.61. The minimum Gasteiger partial charge on any atom is -0.466 e. The van der Waals surface area contributed by atoms with Crippen LogP contribution in [0.5, 0.6) is 0 Å². The summed E-state index contributed by atoms with van der Waals surface area (Å²) in [6, 6.07) is 8.16. The van der Waals surface area contributed by atoms with Crippen molar-refractivity contribution in [3.05, 3.63) is 47.2 Å². The Morgan fingerprint density at radius 2 is 1.96 bits per heavy atom. The standard InChI is InChI=1S/C21H25NO5/c1-13-7-8-16-17(19(23)25-2)12-26-20(18(13)16)27-21(24)22-10-9-14-5-3-4-6-15(14)11-22/h3-6,12-13,16,18,20H,7-11H2,1-2H3. The van der Waals surface area contributed by atoms with Crippen LogP contribution in [0.1, 0.15) is 30.9 Å². The zero-order valence-corrected chi connectivity index (χ0v) is 15.7. The average Bonchev–Trinajstić information content (AvgIpc) is 3.09. The molecule has 0 N–H and O–H groups in total. The maximum absolute atomic E-state index is 12.8. The van der Waals surface area contributed by atoms with Gasteiger partial charge in [-0.3, -0.25) is 0 Å². The first-order valence-corrected chi connectivity index (χ1v) is 9.54. The number of hydrogen-bond acceptors (Lipinski definition) is 5. The van der Waals surface area contributed by atoms with Crippen molar-refractivity contribution in [2.45, 2.75) is 39.0 Å². The molecule has 0 saturated heterocycles. The molecular weight excluding hydrogens is 346 g/mol. The summed E-state index contributed by atoms with van der Waals surface area (Å²) in [6.07, 6.45) is 3.08. The van der Waals surface area contributed by atoms with Crippen molar-refractivity contribution in [3.8, 4) is 0 Å². The number of fused-ring (bicyclic) bond motifs is 2. The lowest BCUT2D eigenvalue weighted by molar-refractivity contribution is -0.147. The molecule has 1 aromatic carbocycles. The van der Waals surface area contributed by atoms with Crippen molar-refractivity contribution in [1.82, 2.24) is 4.90 Å². The van der Waals surface area contributed by atoms with Crippen molar-refractivity contribution in [1.29, 1.82) is 0 Å². The van der Waals surface area contributed by atoms with Gasteiger partial charge in [-0.2, -0.15) is 0 Å². The first-order valence-electron chi connectivity index (χ1n) is 9.54. The molecule has 1 aromatic rings. The molecule has 6 nitrogen and oxygen atoms in total. The van der Waals surface area contributed by atoms with Crippen LogP contribution >= 0.6 is 0 Å². The maximum Gasteiger partial charge on any atom is 0.413 e. The van der Waals surface area contributed by atoms with Crippen LogP contribution in [0, 0.1) is 17.8 Å². The van der Waals surface area contributed by atoms with Crippen molar-refractivity contribution in [2.75, 3.05) is 13.7 Å². The number of nitrogens with zero attached hydrogens (tertiary/aromatic N) is 1. The number of esters is 1. The molecule has 0 radical (unpaired) electrons. The van der Waals surface area contributed by atoms with Crippen LogP contribution in [0.4, 0.5) is 4.79 Å². The summed E-state index contributed by atoms with van der Waals surface area (Å²) in [6.45, 7) is 3.30. The molecule has 6 heteroatoms. The summed E-state index contributed by atoms with van der Waals surface area (Å²) in [5.74, 6) is -0.0639. The highest BCUT2D eigenvalue weighted by Gasteiger charge is 2.48. The number of carbonyl (C=O) groups excluding carboxylic acids is 2. The second kappa shape index (κ2) is 7.25. The van der Waals surface area contributed by atoms with Crippen LogP contribution in [-0.2, 0) is 32.0 Å². The quantitative estimate of drug-likeness (QED) is 0.747. The van der Waals surface area contributed by atoms with Gasteiger partial charge in [-0.25, -0.2) is 9.59 Å². The van der Waals surface area contributed by atoms with E-state index in [-0.39, 0.29) is 23.9 Å². The molecule has 4 unspecified atom stereocenters. The Labute approximate surface area is 159 Å². The highest BCUT2D eigenvalue weighted by Crippen LogP contribution is 2.47. The smallest absolute Gasteiger partial charge is 0.413 e. The van der Waals surface area contributed by atoms with Gasteiger partial charge < -0.3 is 19.1 Å². The van der Waals surface area contributed by atoms with E-state index >= 15 is 0 Å². The molecule has 2 heterocycles. The summed E-state index contributed by atoms with van der Waals surface area (Å²) < 4.78 is 16.3. The predicted molar refractivity (Wildman–Crippen MR) is 97.4 cm³/mol. The van der Waals surface area contributed by atoms with Crippen molar-refractivity contribution in [2.24, 2.45) is 17.8 Å². The van der Waals surface area contributed by atoms with Crippen LogP contribution in [-0.4, -0.2) is 36.9 Å². The van der Waals surface area contributed by atoms with Gasteiger partial charge in [0.1, 0.15) is 0 Å². The van der Waals surface area contributed by atoms with E-state index in [0.29, 0.717) is 24.6 Å². The number of ether oxygens (including phenoxy) is 3. The summed E-state index contributed by atoms with van der Waals surface area (Å²) in [5.41, 5.74) is 2.99. The molecule has 0 bridgehead atoms. The topological polar surface area (TPSA) is 65.1 Å². The summed E-state index contributed by atoms with van der Waals surface area (Å²) in [5, 5.41) is 0. The van der Waals surface area contributed by atoms with Crippen LogP contribution in [0.15, 0.2) is 36.1 Å². The summed E-state index contributed by atoms with van der Waals surface area (Å²) in [7, 11) is 1.37. The molecule has 2 aliphatic heterocycles. The van der Waals surface area contributed by atoms with E-state index in [1.165, 1.54) is 18.9 Å². The van der Waals surface area contributed by atoms with E-state index in [0.717, 1.165) is 24.8 Å². The van der Waals surface area contributed by atoms with Gasteiger partial charge in [0.05, 0.1) is 18.9 Å². The molecule has 4 rings (SSSR count). The fraction of sp³-hybridized carbons (Fsp3) is 0.524. The first-order chi connectivity index (χ1) is 13.1. The molecular formula is C21H25NO5. The minimum absolute atomic E-state index is 0.0149. The van der Waals surface area contributed by atoms with Crippen LogP contribution in [0.3, 0.4) is 0 Å². The zero-order chi connectivity index (χ0) is 19.0. The third-order valence-electron chi connectivity index (χ3n) is 6.12. The number of benzene rings is 1. The number of rotatable bonds is 2. The molecule has 3 aliphatic rings. The van der Waals surface area contributed by atoms with Gasteiger partial charge in [-0.05, 0) is 36.3 Å². The van der Waals surface area contributed by atoms with Crippen molar-refractivity contribution in [3.63, 3.8) is 0 Å². The minimum atomic E-state index is -0.662. The van der Waals surface area contributed by atoms with E-state index < -0.39 is 6.29 Å². The van der Waals surface area contributed by atoms with Crippen LogP contribution in [0.2, 0.25) is 0 Å². The molecule has 0 spiro atoms. The van der Waals surface area contributed by atoms with E-state index in [1.54, 1.807) is 4.90 Å². The van der Waals surface area contributed by atoms with Gasteiger partial charge in [-0.1, -0.05) is 31.2 Å². The summed E-state index contributed by atoms with van der Waals surface area (Å²) in [4.78, 5) is 26.5. The largest absolute Gasteiger partial charge is 0.466 e. The normalized spacial score (nSPS) is 29.1. The Kier molecular flexibility index (Phi) is 4.81. The Morgan fingerprint density at radius 3 is 2.74 bits per heavy atom. The number of hydrogen-bond donors (Lipinski definition) is 0. The van der Waals surface area contributed by atoms with Gasteiger partial charge in [0, 0.05) is 24.9 Å². The van der Waals surface area contributed by atoms with Crippen molar-refractivity contribution >= 4 is 12.1 Å². The zero-order valence-electron chi connectivity index (χ0n) is 15.7. The number of carbonyl (C=O) groups is 2. The van der Waals surface area contributed by atoms with E-state index in [4.69, 9.17) is 14.2 Å². The lowest BCUT2D eigenvalue weighted by Gasteiger charge is -2.36. The SMILES string of the molecule is COC(=O)C1=COC(OC(=O)N2CCc3ccccc3C2)C2C(C)CCC12. The highest BCUT2D eigenvalue weighted by atomic mass is 16.7. The Morgan fingerprint density at radius 1 is 1.19 bits per heavy atom. The van der Waals surface area contributed by atoms with Gasteiger partial charge in [0.25, 0.3) is 0 Å². The highest BCUT2D eigenvalue weighted by molar-refractivity contribution is 5.89. The second-order valence-electron chi connectivity index (χ2n) is 7.63. The Bertz CT molecular complexity index is 774. The lowest BCUT2D eigenvalue weighted by atomic mass is 9.83. The molecule has 1 aliphatic carbocycles. The average molecular weight is 371 g/mol. The van der Waals surface area contributed by atoms with Crippen LogP contribution in [0.25, 0.3) is 0 Å². The number of methoxy groups -OCH3 is 1. The third kappa shape index (κ3) is 3.29. The maximum atomic E-state index is 12.8. The molecule has 27 heavy (non-hydrogen) atoms. The molecule has 0 aromatic heterocycles. The molecule has 4 atom stereocenters. The lowest BCUT2D eigenvalue weighted by Crippen LogP contribution is -2.43. The summed E-state index contributed by atoms with van der Waals surface area (Å²) >= 11 is 0. The first kappa shape index (κ1) is 17.9. The fourth-order valence-electron chi connectivity index (χ4n) is 4.61. The molecule has 144 valence electrons. The van der Waals surface area contributed by atoms with E-state index in [2.05, 4.69) is 13.0 Å². The second-order valence-corrected chi connectivity index (χ2v) is 7.63. The number of amides is 1. The van der Waals surface area contributed by atoms with Crippen LogP contribution < -0.4 is 0 Å². The Balaban J connectivity index is 1.47. The monoisotopic (exact) mass is 371 g/mol. The molecule has 1 saturated carbocycles.